The molecule has 3 rings (SSSR count). The molecule has 1 aromatic heterocycles. The van der Waals surface area contributed by atoms with Crippen LogP contribution in [0.5, 0.6) is 0 Å². The Morgan fingerprint density at radius 1 is 1.20 bits per heavy atom. The zero-order valence-electron chi connectivity index (χ0n) is 11.5. The van der Waals surface area contributed by atoms with Gasteiger partial charge in [0.05, 0.1) is 4.88 Å². The van der Waals surface area contributed by atoms with Crippen LogP contribution in [0.15, 0.2) is 30.3 Å². The normalized spacial score (nSPS) is 14.3. The molecule has 0 aliphatic carbocycles. The first-order valence-corrected chi connectivity index (χ1v) is 7.38. The molecule has 2 aromatic rings. The monoisotopic (exact) mass is 285 g/mol. The van der Waals surface area contributed by atoms with Gasteiger partial charge >= 0.3 is 0 Å². The molecule has 1 aromatic carbocycles. The highest BCUT2D eigenvalue weighted by Crippen LogP contribution is 2.29. The molecule has 1 aliphatic heterocycles. The number of fused-ring (bicyclic) bond motifs is 1. The smallest absolute Gasteiger partial charge is 0.227 e. The Kier molecular flexibility index (Phi) is 3.18. The fraction of sp³-hybridized carbons (Fsp3) is 0.250. The molecule has 0 atom stereocenters. The highest BCUT2D eigenvalue weighted by molar-refractivity contribution is 7.14. The van der Waals surface area contributed by atoms with Gasteiger partial charge in [-0.1, -0.05) is 0 Å². The summed E-state index contributed by atoms with van der Waals surface area (Å²) in [4.78, 5) is 27.7. The summed E-state index contributed by atoms with van der Waals surface area (Å²) in [5.41, 5.74) is 2.69. The molecular weight excluding hydrogens is 270 g/mol. The number of carbonyl (C=O) groups is 2. The Bertz CT molecular complexity index is 702. The van der Waals surface area contributed by atoms with Crippen LogP contribution in [0, 0.1) is 6.92 Å². The molecule has 3 nitrogen and oxygen atoms in total. The fourth-order valence-electron chi connectivity index (χ4n) is 2.50. The van der Waals surface area contributed by atoms with Crippen molar-refractivity contribution in [3.8, 4) is 0 Å². The predicted molar refractivity (Wildman–Crippen MR) is 80.7 cm³/mol. The van der Waals surface area contributed by atoms with Crippen LogP contribution in [0.4, 0.5) is 5.69 Å². The molecule has 0 spiro atoms. The summed E-state index contributed by atoms with van der Waals surface area (Å²) in [6, 6.07) is 9.45. The zero-order chi connectivity index (χ0) is 14.3. The quantitative estimate of drug-likeness (QED) is 0.795. The van der Waals surface area contributed by atoms with Crippen molar-refractivity contribution in [1.29, 1.82) is 0 Å². The minimum Gasteiger partial charge on any atom is -0.315 e. The fourth-order valence-corrected chi connectivity index (χ4v) is 3.33. The van der Waals surface area contributed by atoms with Crippen LogP contribution in [-0.2, 0) is 11.2 Å². The van der Waals surface area contributed by atoms with E-state index < -0.39 is 0 Å². The van der Waals surface area contributed by atoms with Gasteiger partial charge in [0.2, 0.25) is 11.7 Å². The molecule has 0 N–H and O–H groups in total. The first kappa shape index (κ1) is 13.1. The molecular formula is C16H15NO2S. The second-order valence-corrected chi connectivity index (χ2v) is 6.32. The second-order valence-electron chi connectivity index (χ2n) is 5.04. The number of carbonyl (C=O) groups excluding carboxylic acids is 2. The van der Waals surface area contributed by atoms with Crippen LogP contribution in [0.25, 0.3) is 0 Å². The van der Waals surface area contributed by atoms with Crippen LogP contribution in [-0.4, -0.2) is 18.7 Å². The topological polar surface area (TPSA) is 37.4 Å². The van der Waals surface area contributed by atoms with Gasteiger partial charge in [-0.2, -0.15) is 0 Å². The van der Waals surface area contributed by atoms with Crippen LogP contribution >= 0.6 is 11.3 Å². The number of amides is 1. The van der Waals surface area contributed by atoms with E-state index in [-0.39, 0.29) is 11.7 Å². The molecule has 4 heteroatoms. The van der Waals surface area contributed by atoms with E-state index in [2.05, 4.69) is 0 Å². The Balaban J connectivity index is 1.97. The van der Waals surface area contributed by atoms with Gasteiger partial charge in [-0.25, -0.2) is 0 Å². The van der Waals surface area contributed by atoms with E-state index in [0.29, 0.717) is 18.4 Å². The van der Waals surface area contributed by atoms with E-state index in [9.17, 15) is 9.59 Å². The molecule has 2 heterocycles. The van der Waals surface area contributed by atoms with Gasteiger partial charge in [0.1, 0.15) is 0 Å². The summed E-state index contributed by atoms with van der Waals surface area (Å²) in [5.74, 6) is 0.191. The van der Waals surface area contributed by atoms with E-state index in [1.165, 1.54) is 11.3 Å². The minimum absolute atomic E-state index is 0.0606. The molecule has 102 valence electrons. The van der Waals surface area contributed by atoms with Crippen molar-refractivity contribution < 1.29 is 9.59 Å². The Morgan fingerprint density at radius 2 is 2.00 bits per heavy atom. The van der Waals surface area contributed by atoms with E-state index in [4.69, 9.17) is 0 Å². The number of hydrogen-bond acceptors (Lipinski definition) is 3. The Morgan fingerprint density at radius 3 is 2.70 bits per heavy atom. The van der Waals surface area contributed by atoms with Crippen molar-refractivity contribution in [2.24, 2.45) is 0 Å². The largest absolute Gasteiger partial charge is 0.315 e. The first-order valence-electron chi connectivity index (χ1n) is 6.57. The summed E-state index contributed by atoms with van der Waals surface area (Å²) in [5, 5.41) is 0. The van der Waals surface area contributed by atoms with Crippen LogP contribution in [0.2, 0.25) is 0 Å². The van der Waals surface area contributed by atoms with Gasteiger partial charge in [0, 0.05) is 29.6 Å². The third-order valence-electron chi connectivity index (χ3n) is 3.65. The molecule has 0 bridgehead atoms. The van der Waals surface area contributed by atoms with E-state index in [0.717, 1.165) is 21.0 Å². The van der Waals surface area contributed by atoms with Gasteiger partial charge in [-0.15, -0.1) is 11.3 Å². The highest BCUT2D eigenvalue weighted by Gasteiger charge is 2.22. The second kappa shape index (κ2) is 4.87. The lowest BCUT2D eigenvalue weighted by Crippen LogP contribution is -2.31. The lowest BCUT2D eigenvalue weighted by molar-refractivity contribution is -0.118. The predicted octanol–water partition coefficient (Wildman–Crippen LogP) is 3.20. The number of aryl methyl sites for hydroxylation is 2. The van der Waals surface area contributed by atoms with Crippen molar-refractivity contribution in [1.82, 2.24) is 0 Å². The molecule has 20 heavy (non-hydrogen) atoms. The van der Waals surface area contributed by atoms with Crippen molar-refractivity contribution in [3.63, 3.8) is 0 Å². The SMILES string of the molecule is Cc1ccc(C(=O)c2ccc3c(c2)CCC(=O)N3C)s1. The van der Waals surface area contributed by atoms with Gasteiger partial charge in [0.15, 0.2) is 0 Å². The molecule has 0 radical (unpaired) electrons. The van der Waals surface area contributed by atoms with Crippen molar-refractivity contribution >= 4 is 28.7 Å². The molecule has 0 fully saturated rings. The highest BCUT2D eigenvalue weighted by atomic mass is 32.1. The Hall–Kier alpha value is -1.94. The molecule has 0 saturated heterocycles. The third kappa shape index (κ3) is 2.16. The first-order chi connectivity index (χ1) is 9.56. The number of rotatable bonds is 2. The van der Waals surface area contributed by atoms with Gasteiger partial charge in [-0.05, 0) is 49.2 Å². The van der Waals surface area contributed by atoms with Crippen molar-refractivity contribution in [2.45, 2.75) is 19.8 Å². The van der Waals surface area contributed by atoms with E-state index >= 15 is 0 Å². The summed E-state index contributed by atoms with van der Waals surface area (Å²) in [7, 11) is 1.78. The minimum atomic E-state index is 0.0606. The number of ketones is 1. The van der Waals surface area contributed by atoms with Crippen molar-refractivity contribution in [2.75, 3.05) is 11.9 Å². The maximum Gasteiger partial charge on any atom is 0.227 e. The molecule has 0 unspecified atom stereocenters. The van der Waals surface area contributed by atoms with Gasteiger partial charge < -0.3 is 4.90 Å². The Labute approximate surface area is 121 Å². The van der Waals surface area contributed by atoms with Gasteiger partial charge in [-0.3, -0.25) is 9.59 Å². The zero-order valence-corrected chi connectivity index (χ0v) is 12.3. The lowest BCUT2D eigenvalue weighted by Gasteiger charge is -2.25. The average Bonchev–Trinajstić information content (AvgIpc) is 2.88. The summed E-state index contributed by atoms with van der Waals surface area (Å²) in [6.45, 7) is 1.99. The maximum absolute atomic E-state index is 12.4. The number of hydrogen-bond donors (Lipinski definition) is 0. The van der Waals surface area contributed by atoms with Crippen LogP contribution in [0.3, 0.4) is 0 Å². The van der Waals surface area contributed by atoms with Crippen molar-refractivity contribution in [3.05, 3.63) is 51.2 Å². The summed E-state index contributed by atoms with van der Waals surface area (Å²) < 4.78 is 0. The standard InChI is InChI=1S/C16H15NO2S/c1-10-3-7-14(20-10)16(19)12-4-6-13-11(9-12)5-8-15(18)17(13)2/h3-4,6-7,9H,5,8H2,1-2H3. The van der Waals surface area contributed by atoms with Crippen LogP contribution in [0.1, 0.15) is 32.1 Å². The number of nitrogens with zero attached hydrogens (tertiary/aromatic N) is 1. The van der Waals surface area contributed by atoms with Crippen LogP contribution < -0.4 is 4.90 Å². The van der Waals surface area contributed by atoms with E-state index in [1.807, 2.05) is 37.3 Å². The number of thiophene rings is 1. The average molecular weight is 285 g/mol. The van der Waals surface area contributed by atoms with Gasteiger partial charge in [0.25, 0.3) is 0 Å². The number of benzene rings is 1. The summed E-state index contributed by atoms with van der Waals surface area (Å²) >= 11 is 1.51. The molecule has 1 aliphatic rings. The van der Waals surface area contributed by atoms with E-state index in [1.54, 1.807) is 11.9 Å². The number of anilines is 1. The lowest BCUT2D eigenvalue weighted by atomic mass is 9.97. The maximum atomic E-state index is 12.4. The molecule has 0 saturated carbocycles. The molecule has 1 amide bonds. The summed E-state index contributed by atoms with van der Waals surface area (Å²) in [6.07, 6.45) is 1.22. The third-order valence-corrected chi connectivity index (χ3v) is 4.65.